The summed E-state index contributed by atoms with van der Waals surface area (Å²) in [5, 5.41) is 0.665. The zero-order valence-corrected chi connectivity index (χ0v) is 12.7. The number of pyridine rings is 1. The monoisotopic (exact) mass is 311 g/mol. The molecule has 0 bridgehead atoms. The van der Waals surface area contributed by atoms with Crippen molar-refractivity contribution in [2.24, 2.45) is 5.73 Å². The molecule has 5 heteroatoms. The Bertz CT molecular complexity index is 879. The van der Waals surface area contributed by atoms with Gasteiger partial charge in [0.2, 0.25) is 5.91 Å². The number of aromatic nitrogens is 2. The van der Waals surface area contributed by atoms with Gasteiger partial charge in [-0.15, -0.1) is 0 Å². The summed E-state index contributed by atoms with van der Waals surface area (Å²) in [6.45, 7) is 2.00. The molecule has 2 N–H and O–H groups in total. The maximum atomic E-state index is 11.1. The Kier molecular flexibility index (Phi) is 3.69. The molecule has 0 aliphatic carbocycles. The number of nitrogens with two attached hydrogens (primary N) is 1. The topological polar surface area (TPSA) is 60.4 Å². The van der Waals surface area contributed by atoms with Gasteiger partial charge in [0.1, 0.15) is 5.65 Å². The summed E-state index contributed by atoms with van der Waals surface area (Å²) in [6, 6.07) is 11.4. The minimum atomic E-state index is -0.496. The molecule has 3 rings (SSSR count). The van der Waals surface area contributed by atoms with Crippen LogP contribution in [-0.2, 0) is 4.79 Å². The molecule has 4 nitrogen and oxygen atoms in total. The molecule has 3 aromatic rings. The van der Waals surface area contributed by atoms with Gasteiger partial charge in [0, 0.05) is 22.9 Å². The number of benzene rings is 1. The molecule has 1 aromatic carbocycles. The van der Waals surface area contributed by atoms with Gasteiger partial charge in [0.25, 0.3) is 0 Å². The molecule has 110 valence electrons. The first-order chi connectivity index (χ1) is 10.6. The lowest BCUT2D eigenvalue weighted by atomic mass is 10.1. The number of hydrogen-bond acceptors (Lipinski definition) is 2. The van der Waals surface area contributed by atoms with Crippen molar-refractivity contribution in [1.82, 2.24) is 9.38 Å². The van der Waals surface area contributed by atoms with Crippen LogP contribution in [0.2, 0.25) is 5.02 Å². The van der Waals surface area contributed by atoms with Crippen LogP contribution in [0.1, 0.15) is 11.3 Å². The molecule has 0 aliphatic rings. The fraction of sp³-hybridized carbons (Fsp3) is 0.0588. The molecule has 0 radical (unpaired) electrons. The fourth-order valence-corrected chi connectivity index (χ4v) is 2.49. The molecule has 0 saturated heterocycles. The van der Waals surface area contributed by atoms with E-state index < -0.39 is 5.91 Å². The lowest BCUT2D eigenvalue weighted by molar-refractivity contribution is -0.113. The van der Waals surface area contributed by atoms with Crippen LogP contribution in [0, 0.1) is 6.92 Å². The highest BCUT2D eigenvalue weighted by Crippen LogP contribution is 2.27. The number of nitrogens with zero attached hydrogens (tertiary/aromatic N) is 2. The SMILES string of the molecule is Cc1cccn2c(/C=C/C(N)=O)c(-c3ccc(Cl)cc3)nc12. The Morgan fingerprint density at radius 2 is 2.00 bits per heavy atom. The molecule has 0 saturated carbocycles. The second kappa shape index (κ2) is 5.66. The lowest BCUT2D eigenvalue weighted by Gasteiger charge is -2.01. The highest BCUT2D eigenvalue weighted by atomic mass is 35.5. The smallest absolute Gasteiger partial charge is 0.241 e. The second-order valence-electron chi connectivity index (χ2n) is 4.97. The van der Waals surface area contributed by atoms with Gasteiger partial charge < -0.3 is 5.73 Å². The number of hydrogen-bond donors (Lipinski definition) is 1. The highest BCUT2D eigenvalue weighted by molar-refractivity contribution is 6.30. The van der Waals surface area contributed by atoms with E-state index in [1.165, 1.54) is 6.08 Å². The molecule has 22 heavy (non-hydrogen) atoms. The molecule has 0 aliphatic heterocycles. The van der Waals surface area contributed by atoms with Crippen molar-refractivity contribution in [3.05, 3.63) is 65.0 Å². The van der Waals surface area contributed by atoms with Gasteiger partial charge in [-0.3, -0.25) is 9.20 Å². The normalized spacial score (nSPS) is 11.4. The summed E-state index contributed by atoms with van der Waals surface area (Å²) in [5.74, 6) is -0.496. The Morgan fingerprint density at radius 1 is 1.27 bits per heavy atom. The van der Waals surface area contributed by atoms with E-state index in [1.54, 1.807) is 6.08 Å². The first-order valence-electron chi connectivity index (χ1n) is 6.77. The Morgan fingerprint density at radius 3 is 2.68 bits per heavy atom. The Hall–Kier alpha value is -2.59. The molecule has 1 amide bonds. The zero-order valence-electron chi connectivity index (χ0n) is 12.0. The Balaban J connectivity index is 2.28. The van der Waals surface area contributed by atoms with E-state index in [4.69, 9.17) is 22.3 Å². The second-order valence-corrected chi connectivity index (χ2v) is 5.41. The third-order valence-corrected chi connectivity index (χ3v) is 3.66. The molecular weight excluding hydrogens is 298 g/mol. The average Bonchev–Trinajstić information content (AvgIpc) is 2.86. The van der Waals surface area contributed by atoms with Crippen LogP contribution in [0.3, 0.4) is 0 Å². The van der Waals surface area contributed by atoms with Gasteiger partial charge in [0.15, 0.2) is 0 Å². The molecule has 2 heterocycles. The summed E-state index contributed by atoms with van der Waals surface area (Å²) in [5.41, 5.74) is 9.63. The van der Waals surface area contributed by atoms with Crippen LogP contribution in [0.15, 0.2) is 48.7 Å². The molecular formula is C17H14ClN3O. The first kappa shape index (κ1) is 14.4. The number of fused-ring (bicyclic) bond motifs is 1. The van der Waals surface area contributed by atoms with Gasteiger partial charge in [-0.2, -0.15) is 0 Å². The van der Waals surface area contributed by atoms with Crippen molar-refractivity contribution in [2.45, 2.75) is 6.92 Å². The number of imidazole rings is 1. The number of primary amides is 1. The predicted molar refractivity (Wildman–Crippen MR) is 88.6 cm³/mol. The number of amides is 1. The standard InChI is InChI=1S/C17H14ClN3O/c1-11-3-2-10-21-14(8-9-15(19)22)16(20-17(11)21)12-4-6-13(18)7-5-12/h2-10H,1H3,(H2,19,22)/b9-8+. The van der Waals surface area contributed by atoms with Crippen LogP contribution in [0.4, 0.5) is 0 Å². The van der Waals surface area contributed by atoms with E-state index in [2.05, 4.69) is 0 Å². The number of aryl methyl sites for hydroxylation is 1. The number of halogens is 1. The van der Waals surface area contributed by atoms with Crippen molar-refractivity contribution >= 4 is 29.2 Å². The summed E-state index contributed by atoms with van der Waals surface area (Å²) in [7, 11) is 0. The summed E-state index contributed by atoms with van der Waals surface area (Å²) in [4.78, 5) is 15.8. The highest BCUT2D eigenvalue weighted by Gasteiger charge is 2.13. The van der Waals surface area contributed by atoms with E-state index in [-0.39, 0.29) is 0 Å². The van der Waals surface area contributed by atoms with E-state index in [0.717, 1.165) is 28.2 Å². The summed E-state index contributed by atoms with van der Waals surface area (Å²) >= 11 is 5.94. The van der Waals surface area contributed by atoms with Gasteiger partial charge in [-0.1, -0.05) is 29.8 Å². The van der Waals surface area contributed by atoms with Crippen molar-refractivity contribution in [3.8, 4) is 11.3 Å². The molecule has 0 atom stereocenters. The number of carbonyl (C=O) groups excluding carboxylic acids is 1. The third-order valence-electron chi connectivity index (χ3n) is 3.41. The number of rotatable bonds is 3. The van der Waals surface area contributed by atoms with Crippen molar-refractivity contribution < 1.29 is 4.79 Å². The van der Waals surface area contributed by atoms with E-state index >= 15 is 0 Å². The predicted octanol–water partition coefficient (Wildman–Crippen LogP) is 3.46. The molecule has 0 fully saturated rings. The van der Waals surface area contributed by atoms with Crippen molar-refractivity contribution in [3.63, 3.8) is 0 Å². The van der Waals surface area contributed by atoms with Crippen LogP contribution >= 0.6 is 11.6 Å². The third kappa shape index (κ3) is 2.61. The maximum Gasteiger partial charge on any atom is 0.241 e. The Labute approximate surface area is 132 Å². The van der Waals surface area contributed by atoms with Gasteiger partial charge in [-0.25, -0.2) is 4.98 Å². The summed E-state index contributed by atoms with van der Waals surface area (Å²) in [6.07, 6.45) is 4.94. The van der Waals surface area contributed by atoms with Crippen LogP contribution < -0.4 is 5.73 Å². The molecule has 0 spiro atoms. The first-order valence-corrected chi connectivity index (χ1v) is 7.15. The molecule has 2 aromatic heterocycles. The molecule has 0 unspecified atom stereocenters. The van der Waals surface area contributed by atoms with Crippen LogP contribution in [-0.4, -0.2) is 15.3 Å². The van der Waals surface area contributed by atoms with Crippen molar-refractivity contribution in [1.29, 1.82) is 0 Å². The van der Waals surface area contributed by atoms with E-state index in [0.29, 0.717) is 5.02 Å². The quantitative estimate of drug-likeness (QED) is 0.753. The number of carbonyl (C=O) groups is 1. The lowest BCUT2D eigenvalue weighted by Crippen LogP contribution is -2.05. The van der Waals surface area contributed by atoms with Crippen molar-refractivity contribution in [2.75, 3.05) is 0 Å². The van der Waals surface area contributed by atoms with Gasteiger partial charge in [0.05, 0.1) is 11.4 Å². The van der Waals surface area contributed by atoms with E-state index in [9.17, 15) is 4.79 Å². The fourth-order valence-electron chi connectivity index (χ4n) is 2.36. The average molecular weight is 312 g/mol. The van der Waals surface area contributed by atoms with E-state index in [1.807, 2.05) is 53.9 Å². The zero-order chi connectivity index (χ0) is 15.7. The van der Waals surface area contributed by atoms with Crippen LogP contribution in [0.5, 0.6) is 0 Å². The minimum Gasteiger partial charge on any atom is -0.366 e. The van der Waals surface area contributed by atoms with Gasteiger partial charge >= 0.3 is 0 Å². The maximum absolute atomic E-state index is 11.1. The largest absolute Gasteiger partial charge is 0.366 e. The summed E-state index contributed by atoms with van der Waals surface area (Å²) < 4.78 is 1.94. The van der Waals surface area contributed by atoms with Gasteiger partial charge in [-0.05, 0) is 36.8 Å². The van der Waals surface area contributed by atoms with Crippen LogP contribution in [0.25, 0.3) is 23.0 Å². The minimum absolute atomic E-state index is 0.496.